The smallest absolute Gasteiger partial charge is 0.0958 e. The number of nitrogens with zero attached hydrogens (tertiary/aromatic N) is 2. The highest BCUT2D eigenvalue weighted by molar-refractivity contribution is 5.77. The molecule has 0 rings (SSSR count). The van der Waals surface area contributed by atoms with Gasteiger partial charge in [-0.15, -0.1) is 0 Å². The van der Waals surface area contributed by atoms with E-state index in [0.717, 1.165) is 18.8 Å². The number of allylic oxidation sites excluding steroid dienone is 1. The fourth-order valence-corrected chi connectivity index (χ4v) is 0.750. The Labute approximate surface area is 80.5 Å². The first-order valence-corrected chi connectivity index (χ1v) is 4.40. The maximum absolute atomic E-state index is 5.42. The maximum Gasteiger partial charge on any atom is 0.0958 e. The van der Waals surface area contributed by atoms with Crippen LogP contribution >= 0.6 is 0 Å². The minimum absolute atomic E-state index is 0.585. The highest BCUT2D eigenvalue weighted by atomic mass is 15.1. The Balaban J connectivity index is 4.00. The van der Waals surface area contributed by atoms with Crippen molar-refractivity contribution in [1.29, 1.82) is 0 Å². The maximum atomic E-state index is 5.42. The van der Waals surface area contributed by atoms with Crippen LogP contribution in [0.15, 0.2) is 16.9 Å². The molecule has 0 bridgehead atoms. The SMILES string of the molecule is CNCCN(C)/C(C)=C/N=C(C)N. The Morgan fingerprint density at radius 2 is 2.15 bits per heavy atom. The van der Waals surface area contributed by atoms with Crippen molar-refractivity contribution in [3.05, 3.63) is 11.9 Å². The third-order valence-corrected chi connectivity index (χ3v) is 1.75. The van der Waals surface area contributed by atoms with Crippen LogP contribution in [0.1, 0.15) is 13.8 Å². The van der Waals surface area contributed by atoms with Crippen LogP contribution in [0.4, 0.5) is 0 Å². The van der Waals surface area contributed by atoms with Crippen molar-refractivity contribution < 1.29 is 0 Å². The van der Waals surface area contributed by atoms with Gasteiger partial charge in [-0.25, -0.2) is 4.99 Å². The fraction of sp³-hybridized carbons (Fsp3) is 0.667. The summed E-state index contributed by atoms with van der Waals surface area (Å²) in [6.07, 6.45) is 1.78. The summed E-state index contributed by atoms with van der Waals surface area (Å²) in [6.45, 7) is 5.73. The van der Waals surface area contributed by atoms with Gasteiger partial charge in [0.1, 0.15) is 0 Å². The lowest BCUT2D eigenvalue weighted by Crippen LogP contribution is -2.25. The molecule has 0 radical (unpaired) electrons. The number of hydrogen-bond donors (Lipinski definition) is 2. The highest BCUT2D eigenvalue weighted by Crippen LogP contribution is 1.98. The van der Waals surface area contributed by atoms with Gasteiger partial charge >= 0.3 is 0 Å². The van der Waals surface area contributed by atoms with Crippen molar-refractivity contribution in [3.63, 3.8) is 0 Å². The molecule has 0 spiro atoms. The average Bonchev–Trinajstić information content (AvgIpc) is 2.10. The fourth-order valence-electron chi connectivity index (χ4n) is 0.750. The van der Waals surface area contributed by atoms with Gasteiger partial charge in [0.2, 0.25) is 0 Å². The minimum Gasteiger partial charge on any atom is -0.387 e. The topological polar surface area (TPSA) is 53.6 Å². The van der Waals surface area contributed by atoms with E-state index in [-0.39, 0.29) is 0 Å². The van der Waals surface area contributed by atoms with Crippen molar-refractivity contribution in [2.75, 3.05) is 27.2 Å². The van der Waals surface area contributed by atoms with Crippen LogP contribution < -0.4 is 11.1 Å². The molecule has 76 valence electrons. The molecule has 0 aliphatic heterocycles. The molecule has 0 aromatic rings. The van der Waals surface area contributed by atoms with Crippen LogP contribution in [-0.2, 0) is 0 Å². The zero-order valence-corrected chi connectivity index (χ0v) is 8.96. The summed E-state index contributed by atoms with van der Waals surface area (Å²) in [7, 11) is 3.97. The molecule has 0 aliphatic rings. The molecule has 0 fully saturated rings. The summed E-state index contributed by atoms with van der Waals surface area (Å²) in [5, 5.41) is 3.09. The third kappa shape index (κ3) is 6.16. The second-order valence-electron chi connectivity index (χ2n) is 3.07. The Bertz CT molecular complexity index is 192. The van der Waals surface area contributed by atoms with Gasteiger partial charge in [-0.2, -0.15) is 0 Å². The van der Waals surface area contributed by atoms with Gasteiger partial charge in [0.05, 0.1) is 5.84 Å². The van der Waals surface area contributed by atoms with Gasteiger partial charge in [0, 0.05) is 32.0 Å². The lowest BCUT2D eigenvalue weighted by molar-refractivity contribution is 0.415. The summed E-state index contributed by atoms with van der Waals surface area (Å²) in [5.41, 5.74) is 6.53. The van der Waals surface area contributed by atoms with E-state index in [0.29, 0.717) is 5.84 Å². The molecule has 0 atom stereocenters. The Morgan fingerprint density at radius 3 is 2.62 bits per heavy atom. The lowest BCUT2D eigenvalue weighted by Gasteiger charge is -2.18. The van der Waals surface area contributed by atoms with E-state index in [2.05, 4.69) is 15.2 Å². The highest BCUT2D eigenvalue weighted by Gasteiger charge is 1.96. The third-order valence-electron chi connectivity index (χ3n) is 1.75. The van der Waals surface area contributed by atoms with Crippen LogP contribution in [0.2, 0.25) is 0 Å². The van der Waals surface area contributed by atoms with Gasteiger partial charge in [0.15, 0.2) is 0 Å². The molecule has 0 unspecified atom stereocenters. The molecule has 4 nitrogen and oxygen atoms in total. The van der Waals surface area contributed by atoms with Crippen LogP contribution in [-0.4, -0.2) is 37.9 Å². The first kappa shape index (κ1) is 12.0. The van der Waals surface area contributed by atoms with E-state index in [1.807, 2.05) is 21.0 Å². The summed E-state index contributed by atoms with van der Waals surface area (Å²) < 4.78 is 0. The molecule has 0 heterocycles. The van der Waals surface area contributed by atoms with Crippen LogP contribution in [0.3, 0.4) is 0 Å². The molecule has 13 heavy (non-hydrogen) atoms. The predicted octanol–water partition coefficient (Wildman–Crippen LogP) is 0.376. The van der Waals surface area contributed by atoms with Crippen molar-refractivity contribution in [2.24, 2.45) is 10.7 Å². The zero-order chi connectivity index (χ0) is 10.3. The summed E-state index contributed by atoms with van der Waals surface area (Å²) in [6, 6.07) is 0. The van der Waals surface area contributed by atoms with Crippen molar-refractivity contribution in [1.82, 2.24) is 10.2 Å². The molecule has 0 aliphatic carbocycles. The first-order chi connectivity index (χ1) is 6.07. The molecule has 0 saturated carbocycles. The molecule has 0 saturated heterocycles. The van der Waals surface area contributed by atoms with Gasteiger partial charge in [-0.1, -0.05) is 0 Å². The van der Waals surface area contributed by atoms with E-state index in [1.165, 1.54) is 0 Å². The Kier molecular flexibility index (Phi) is 5.97. The Hall–Kier alpha value is -1.03. The van der Waals surface area contributed by atoms with Crippen LogP contribution in [0, 0.1) is 0 Å². The number of aliphatic imine (C=N–C) groups is 1. The average molecular weight is 184 g/mol. The van der Waals surface area contributed by atoms with Gasteiger partial charge in [-0.05, 0) is 20.9 Å². The first-order valence-electron chi connectivity index (χ1n) is 4.40. The lowest BCUT2D eigenvalue weighted by atomic mass is 10.4. The van der Waals surface area contributed by atoms with E-state index >= 15 is 0 Å². The minimum atomic E-state index is 0.585. The molecular weight excluding hydrogens is 164 g/mol. The number of hydrogen-bond acceptors (Lipinski definition) is 3. The van der Waals surface area contributed by atoms with E-state index in [1.54, 1.807) is 13.1 Å². The number of likely N-dealkylation sites (N-methyl/N-ethyl adjacent to an activating group) is 2. The van der Waals surface area contributed by atoms with Crippen molar-refractivity contribution in [3.8, 4) is 0 Å². The molecule has 3 N–H and O–H groups in total. The summed E-state index contributed by atoms with van der Waals surface area (Å²) in [5.74, 6) is 0.585. The largest absolute Gasteiger partial charge is 0.387 e. The second-order valence-corrected chi connectivity index (χ2v) is 3.07. The Morgan fingerprint density at radius 1 is 1.54 bits per heavy atom. The molecule has 0 amide bonds. The molecule has 4 heteroatoms. The van der Waals surface area contributed by atoms with Crippen molar-refractivity contribution >= 4 is 5.84 Å². The monoisotopic (exact) mass is 184 g/mol. The van der Waals surface area contributed by atoms with Gasteiger partial charge in [-0.3, -0.25) is 0 Å². The predicted molar refractivity (Wildman–Crippen MR) is 57.6 cm³/mol. The molecule has 0 aromatic carbocycles. The van der Waals surface area contributed by atoms with Crippen LogP contribution in [0.25, 0.3) is 0 Å². The van der Waals surface area contributed by atoms with E-state index in [4.69, 9.17) is 5.73 Å². The van der Waals surface area contributed by atoms with Gasteiger partial charge < -0.3 is 16.0 Å². The standard InChI is InChI=1S/C9H20N4/c1-8(7-12-9(2)10)13(4)6-5-11-3/h7,11H,5-6H2,1-4H3,(H2,10,12)/b8-7+. The van der Waals surface area contributed by atoms with Crippen LogP contribution in [0.5, 0.6) is 0 Å². The van der Waals surface area contributed by atoms with Gasteiger partial charge in [0.25, 0.3) is 0 Å². The quantitative estimate of drug-likeness (QED) is 0.479. The summed E-state index contributed by atoms with van der Waals surface area (Å²) >= 11 is 0. The van der Waals surface area contributed by atoms with E-state index < -0.39 is 0 Å². The van der Waals surface area contributed by atoms with Crippen molar-refractivity contribution in [2.45, 2.75) is 13.8 Å². The van der Waals surface area contributed by atoms with E-state index in [9.17, 15) is 0 Å². The number of rotatable bonds is 5. The second kappa shape index (κ2) is 6.48. The number of amidine groups is 1. The molecular formula is C9H20N4. The number of nitrogens with one attached hydrogen (secondary N) is 1. The molecule has 0 aromatic heterocycles. The summed E-state index contributed by atoms with van der Waals surface area (Å²) in [4.78, 5) is 6.15. The zero-order valence-electron chi connectivity index (χ0n) is 8.96. The number of nitrogens with two attached hydrogens (primary N) is 1. The normalized spacial score (nSPS) is 13.2.